The van der Waals surface area contributed by atoms with Crippen LogP contribution >= 0.6 is 27.5 Å². The van der Waals surface area contributed by atoms with Crippen molar-refractivity contribution in [2.45, 2.75) is 19.5 Å². The Labute approximate surface area is 129 Å². The lowest BCUT2D eigenvalue weighted by atomic mass is 10.3. The Morgan fingerprint density at radius 2 is 2.35 bits per heavy atom. The fraction of sp³-hybridized carbons (Fsp3) is 0.250. The number of carbonyl (C=O) groups excluding carboxylic acids is 1. The van der Waals surface area contributed by atoms with Crippen LogP contribution < -0.4 is 11.1 Å². The zero-order valence-electron chi connectivity index (χ0n) is 10.7. The number of carbonyl (C=O) groups is 1. The molecule has 1 aromatic carbocycles. The molecule has 0 saturated carbocycles. The van der Waals surface area contributed by atoms with Gasteiger partial charge in [-0.25, -0.2) is 4.68 Å². The summed E-state index contributed by atoms with van der Waals surface area (Å²) in [6.07, 6.45) is 1.65. The van der Waals surface area contributed by atoms with E-state index in [4.69, 9.17) is 17.3 Å². The fourth-order valence-corrected chi connectivity index (χ4v) is 2.25. The number of nitrogens with two attached hydrogens (primary N) is 1. The molecule has 2 rings (SSSR count). The predicted molar refractivity (Wildman–Crippen MR) is 80.4 cm³/mol. The highest BCUT2D eigenvalue weighted by molar-refractivity contribution is 9.10. The molecule has 1 atom stereocenters. The standard InChI is InChI=1S/C12H13BrClN5O/c1-7(15)11-5-19(18-17-11)6-12(20)16-10-3-2-8(13)4-9(10)14/h2-5,7H,6,15H2,1H3,(H,16,20). The van der Waals surface area contributed by atoms with Gasteiger partial charge in [0.2, 0.25) is 5.91 Å². The fourth-order valence-electron chi connectivity index (χ4n) is 1.53. The molecule has 8 heteroatoms. The summed E-state index contributed by atoms with van der Waals surface area (Å²) in [6.45, 7) is 1.85. The first kappa shape index (κ1) is 15.0. The summed E-state index contributed by atoms with van der Waals surface area (Å²) in [7, 11) is 0. The monoisotopic (exact) mass is 357 g/mol. The average Bonchev–Trinajstić information content (AvgIpc) is 2.81. The number of aromatic nitrogens is 3. The molecule has 1 aromatic heterocycles. The molecule has 1 amide bonds. The number of benzene rings is 1. The number of amides is 1. The lowest BCUT2D eigenvalue weighted by Crippen LogP contribution is -2.19. The van der Waals surface area contributed by atoms with Crippen LogP contribution in [0, 0.1) is 0 Å². The van der Waals surface area contributed by atoms with Crippen molar-refractivity contribution in [2.75, 3.05) is 5.32 Å². The van der Waals surface area contributed by atoms with Crippen LogP contribution in [-0.2, 0) is 11.3 Å². The van der Waals surface area contributed by atoms with Gasteiger partial charge >= 0.3 is 0 Å². The van der Waals surface area contributed by atoms with Crippen LogP contribution in [0.1, 0.15) is 18.7 Å². The molecule has 0 bridgehead atoms. The molecule has 0 saturated heterocycles. The van der Waals surface area contributed by atoms with Gasteiger partial charge in [0, 0.05) is 10.5 Å². The van der Waals surface area contributed by atoms with Gasteiger partial charge in [-0.15, -0.1) is 5.10 Å². The summed E-state index contributed by atoms with van der Waals surface area (Å²) < 4.78 is 2.28. The predicted octanol–water partition coefficient (Wildman–Crippen LogP) is 2.35. The Kier molecular flexibility index (Phi) is 4.74. The van der Waals surface area contributed by atoms with Crippen LogP contribution in [0.5, 0.6) is 0 Å². The molecule has 2 aromatic rings. The number of anilines is 1. The molecule has 0 spiro atoms. The van der Waals surface area contributed by atoms with E-state index in [0.717, 1.165) is 4.47 Å². The molecule has 0 aliphatic heterocycles. The van der Waals surface area contributed by atoms with E-state index in [9.17, 15) is 4.79 Å². The second kappa shape index (κ2) is 6.34. The number of nitrogens with one attached hydrogen (secondary N) is 1. The van der Waals surface area contributed by atoms with Crippen molar-refractivity contribution >= 4 is 39.1 Å². The Morgan fingerprint density at radius 1 is 1.60 bits per heavy atom. The maximum absolute atomic E-state index is 11.9. The van der Waals surface area contributed by atoms with Gasteiger partial charge in [0.1, 0.15) is 6.54 Å². The van der Waals surface area contributed by atoms with E-state index in [1.165, 1.54) is 4.68 Å². The zero-order chi connectivity index (χ0) is 14.7. The van der Waals surface area contributed by atoms with Crippen molar-refractivity contribution in [3.63, 3.8) is 0 Å². The third-order valence-corrected chi connectivity index (χ3v) is 3.34. The molecule has 6 nitrogen and oxygen atoms in total. The quantitative estimate of drug-likeness (QED) is 0.878. The maximum atomic E-state index is 11.9. The minimum atomic E-state index is -0.240. The Hall–Kier alpha value is -1.44. The van der Waals surface area contributed by atoms with Crippen molar-refractivity contribution < 1.29 is 4.79 Å². The lowest BCUT2D eigenvalue weighted by molar-refractivity contribution is -0.116. The molecule has 0 aliphatic carbocycles. The summed E-state index contributed by atoms with van der Waals surface area (Å²) in [4.78, 5) is 11.9. The van der Waals surface area contributed by atoms with E-state index in [0.29, 0.717) is 16.4 Å². The van der Waals surface area contributed by atoms with Gasteiger partial charge in [-0.05, 0) is 25.1 Å². The molecule has 20 heavy (non-hydrogen) atoms. The third-order valence-electron chi connectivity index (χ3n) is 2.53. The number of nitrogens with zero attached hydrogens (tertiary/aromatic N) is 3. The molecule has 3 N–H and O–H groups in total. The maximum Gasteiger partial charge on any atom is 0.246 e. The van der Waals surface area contributed by atoms with E-state index >= 15 is 0 Å². The highest BCUT2D eigenvalue weighted by Gasteiger charge is 2.10. The van der Waals surface area contributed by atoms with Crippen molar-refractivity contribution in [1.82, 2.24) is 15.0 Å². The second-order valence-corrected chi connectivity index (χ2v) is 5.62. The van der Waals surface area contributed by atoms with Crippen molar-refractivity contribution in [2.24, 2.45) is 5.73 Å². The van der Waals surface area contributed by atoms with Gasteiger partial charge in [0.05, 0.1) is 22.6 Å². The molecule has 0 fully saturated rings. The van der Waals surface area contributed by atoms with Crippen LogP contribution in [0.2, 0.25) is 5.02 Å². The third kappa shape index (κ3) is 3.78. The topological polar surface area (TPSA) is 85.8 Å². The first-order valence-electron chi connectivity index (χ1n) is 5.86. The lowest BCUT2D eigenvalue weighted by Gasteiger charge is -2.07. The van der Waals surface area contributed by atoms with E-state index in [-0.39, 0.29) is 18.5 Å². The van der Waals surface area contributed by atoms with Gasteiger partial charge in [0.15, 0.2) is 0 Å². The number of hydrogen-bond donors (Lipinski definition) is 2. The minimum absolute atomic E-state index is 0.0477. The number of hydrogen-bond acceptors (Lipinski definition) is 4. The highest BCUT2D eigenvalue weighted by Crippen LogP contribution is 2.25. The smallest absolute Gasteiger partial charge is 0.246 e. The molecular weight excluding hydrogens is 346 g/mol. The summed E-state index contributed by atoms with van der Waals surface area (Å²) in [6, 6.07) is 5.01. The van der Waals surface area contributed by atoms with Gasteiger partial charge < -0.3 is 11.1 Å². The average molecular weight is 359 g/mol. The number of rotatable bonds is 4. The van der Waals surface area contributed by atoms with Gasteiger partial charge in [-0.3, -0.25) is 4.79 Å². The second-order valence-electron chi connectivity index (χ2n) is 4.30. The van der Waals surface area contributed by atoms with Gasteiger partial charge in [-0.2, -0.15) is 0 Å². The molecule has 1 unspecified atom stereocenters. The Morgan fingerprint density at radius 3 is 2.95 bits per heavy atom. The van der Waals surface area contributed by atoms with Crippen LogP contribution in [0.15, 0.2) is 28.9 Å². The normalized spacial score (nSPS) is 12.2. The van der Waals surface area contributed by atoms with E-state index in [1.54, 1.807) is 31.3 Å². The molecule has 1 heterocycles. The number of halogens is 2. The minimum Gasteiger partial charge on any atom is -0.323 e. The summed E-state index contributed by atoms with van der Waals surface area (Å²) >= 11 is 9.33. The largest absolute Gasteiger partial charge is 0.323 e. The molecule has 106 valence electrons. The SMILES string of the molecule is CC(N)c1cn(CC(=O)Nc2ccc(Br)cc2Cl)nn1. The highest BCUT2D eigenvalue weighted by atomic mass is 79.9. The van der Waals surface area contributed by atoms with Crippen molar-refractivity contribution in [1.29, 1.82) is 0 Å². The summed E-state index contributed by atoms with van der Waals surface area (Å²) in [5.74, 6) is -0.240. The summed E-state index contributed by atoms with van der Waals surface area (Å²) in [5, 5.41) is 10.9. The molecular formula is C12H13BrClN5O. The van der Waals surface area contributed by atoms with Crippen molar-refractivity contribution in [3.8, 4) is 0 Å². The van der Waals surface area contributed by atoms with Crippen LogP contribution in [-0.4, -0.2) is 20.9 Å². The zero-order valence-corrected chi connectivity index (χ0v) is 13.0. The van der Waals surface area contributed by atoms with Gasteiger partial charge in [0.25, 0.3) is 0 Å². The van der Waals surface area contributed by atoms with E-state index < -0.39 is 0 Å². The molecule has 0 radical (unpaired) electrons. The van der Waals surface area contributed by atoms with Gasteiger partial charge in [-0.1, -0.05) is 32.7 Å². The van der Waals surface area contributed by atoms with E-state index in [2.05, 4.69) is 31.6 Å². The Balaban J connectivity index is 2.01. The van der Waals surface area contributed by atoms with E-state index in [1.807, 2.05) is 0 Å². The van der Waals surface area contributed by atoms with Crippen molar-refractivity contribution in [3.05, 3.63) is 39.6 Å². The van der Waals surface area contributed by atoms with Crippen LogP contribution in [0.3, 0.4) is 0 Å². The van der Waals surface area contributed by atoms with Crippen LogP contribution in [0.25, 0.3) is 0 Å². The first-order valence-corrected chi connectivity index (χ1v) is 7.03. The summed E-state index contributed by atoms with van der Waals surface area (Å²) in [5.41, 5.74) is 6.86. The molecule has 0 aliphatic rings. The van der Waals surface area contributed by atoms with Crippen LogP contribution in [0.4, 0.5) is 5.69 Å². The first-order chi connectivity index (χ1) is 9.45. The Bertz CT molecular complexity index is 628.